The third-order valence-corrected chi connectivity index (χ3v) is 2.90. The van der Waals surface area contributed by atoms with Gasteiger partial charge in [0.25, 0.3) is 0 Å². The molecule has 0 fully saturated rings. The lowest BCUT2D eigenvalue weighted by Gasteiger charge is -2.35. The first-order valence-corrected chi connectivity index (χ1v) is 6.02. The van der Waals surface area contributed by atoms with E-state index in [4.69, 9.17) is 0 Å². The molecule has 1 heterocycles. The molecule has 94 valence electrons. The molecule has 0 saturated heterocycles. The van der Waals surface area contributed by atoms with E-state index >= 15 is 0 Å². The van der Waals surface area contributed by atoms with Gasteiger partial charge in [-0.25, -0.2) is 0 Å². The van der Waals surface area contributed by atoms with E-state index in [0.29, 0.717) is 0 Å². The molecule has 2 rings (SSSR count). The first-order chi connectivity index (χ1) is 8.39. The maximum absolute atomic E-state index is 12.1. The molecule has 3 nitrogen and oxygen atoms in total. The molecule has 1 aromatic carbocycles. The lowest BCUT2D eigenvalue weighted by molar-refractivity contribution is -0.125. The molecular weight excluding hydrogens is 226 g/mol. The molecule has 18 heavy (non-hydrogen) atoms. The van der Waals surface area contributed by atoms with Gasteiger partial charge in [-0.2, -0.15) is 0 Å². The maximum Gasteiger partial charge on any atom is 0.239 e. The number of hydrogen-bond donors (Lipinski definition) is 0. The van der Waals surface area contributed by atoms with Crippen LogP contribution in [0, 0.1) is 5.41 Å². The zero-order chi connectivity index (χ0) is 13.3. The summed E-state index contributed by atoms with van der Waals surface area (Å²) in [6, 6.07) is 9.45. The van der Waals surface area contributed by atoms with Crippen LogP contribution in [-0.2, 0) is 9.59 Å². The Morgan fingerprint density at radius 1 is 1.06 bits per heavy atom. The predicted octanol–water partition coefficient (Wildman–Crippen LogP) is 2.92. The summed E-state index contributed by atoms with van der Waals surface area (Å²) in [7, 11) is 0. The van der Waals surface area contributed by atoms with Crippen LogP contribution in [0.1, 0.15) is 27.2 Å². The van der Waals surface area contributed by atoms with Crippen molar-refractivity contribution in [1.29, 1.82) is 0 Å². The molecule has 0 radical (unpaired) electrons. The van der Waals surface area contributed by atoms with Crippen molar-refractivity contribution in [2.45, 2.75) is 27.2 Å². The minimum Gasteiger partial charge on any atom is -0.294 e. The molecule has 1 aromatic rings. The van der Waals surface area contributed by atoms with Crippen LogP contribution in [0.2, 0.25) is 0 Å². The Labute approximate surface area is 107 Å². The number of anilines is 1. The molecule has 1 amide bonds. The van der Waals surface area contributed by atoms with Crippen molar-refractivity contribution in [1.82, 2.24) is 0 Å². The molecule has 0 aliphatic carbocycles. The second kappa shape index (κ2) is 4.41. The van der Waals surface area contributed by atoms with Gasteiger partial charge in [0.05, 0.1) is 6.42 Å². The van der Waals surface area contributed by atoms with Crippen molar-refractivity contribution in [3.05, 3.63) is 42.1 Å². The topological polar surface area (TPSA) is 37.4 Å². The summed E-state index contributed by atoms with van der Waals surface area (Å²) in [4.78, 5) is 25.4. The summed E-state index contributed by atoms with van der Waals surface area (Å²) in [5.74, 6) is -0.268. The fourth-order valence-corrected chi connectivity index (χ4v) is 2.04. The first kappa shape index (κ1) is 12.6. The Morgan fingerprint density at radius 3 is 2.22 bits per heavy atom. The summed E-state index contributed by atoms with van der Waals surface area (Å²) < 4.78 is 0. The Hall–Kier alpha value is -1.90. The summed E-state index contributed by atoms with van der Waals surface area (Å²) >= 11 is 0. The Kier molecular flexibility index (Phi) is 3.07. The molecule has 0 spiro atoms. The minimum atomic E-state index is -0.248. The van der Waals surface area contributed by atoms with Crippen molar-refractivity contribution < 1.29 is 9.59 Å². The molecular formula is C15H17NO2. The van der Waals surface area contributed by atoms with Gasteiger partial charge in [0, 0.05) is 22.9 Å². The fraction of sp³-hybridized carbons (Fsp3) is 0.333. The molecule has 0 N–H and O–H groups in total. The minimum absolute atomic E-state index is 0.0471. The van der Waals surface area contributed by atoms with Crippen LogP contribution in [0.4, 0.5) is 5.69 Å². The van der Waals surface area contributed by atoms with Crippen molar-refractivity contribution >= 4 is 17.4 Å². The van der Waals surface area contributed by atoms with Gasteiger partial charge in [-0.3, -0.25) is 14.5 Å². The molecule has 1 aliphatic heterocycles. The summed E-state index contributed by atoms with van der Waals surface area (Å²) in [6.45, 7) is 6.00. The molecule has 0 bridgehead atoms. The third kappa shape index (κ3) is 2.35. The monoisotopic (exact) mass is 243 g/mol. The number of rotatable bonds is 1. The van der Waals surface area contributed by atoms with Crippen LogP contribution in [0.25, 0.3) is 0 Å². The van der Waals surface area contributed by atoms with Crippen LogP contribution in [0.15, 0.2) is 42.1 Å². The van der Waals surface area contributed by atoms with E-state index in [1.54, 1.807) is 11.0 Å². The molecule has 0 unspecified atom stereocenters. The first-order valence-electron chi connectivity index (χ1n) is 6.02. The smallest absolute Gasteiger partial charge is 0.239 e. The van der Waals surface area contributed by atoms with E-state index in [9.17, 15) is 9.59 Å². The highest BCUT2D eigenvalue weighted by atomic mass is 16.2. The second-order valence-electron chi connectivity index (χ2n) is 5.49. The summed E-state index contributed by atoms with van der Waals surface area (Å²) in [6.07, 6.45) is 1.54. The van der Waals surface area contributed by atoms with Crippen LogP contribution in [-0.4, -0.2) is 11.7 Å². The number of nitrogens with zero attached hydrogens (tertiary/aromatic N) is 1. The van der Waals surface area contributed by atoms with Crippen molar-refractivity contribution in [3.8, 4) is 0 Å². The zero-order valence-corrected chi connectivity index (χ0v) is 10.9. The Bertz CT molecular complexity index is 509. The van der Waals surface area contributed by atoms with Crippen LogP contribution < -0.4 is 4.90 Å². The average molecular weight is 243 g/mol. The number of hydrogen-bond acceptors (Lipinski definition) is 2. The standard InChI is InChI=1S/C15H17NO2/c1-15(2,3)13-9-12(17)10-14(18)16(13)11-7-5-4-6-8-11/h4-9H,10H2,1-3H3. The lowest BCUT2D eigenvalue weighted by Crippen LogP contribution is -2.40. The van der Waals surface area contributed by atoms with Gasteiger partial charge in [0.15, 0.2) is 5.78 Å². The number of carbonyl (C=O) groups excluding carboxylic acids is 2. The van der Waals surface area contributed by atoms with Gasteiger partial charge in [0.2, 0.25) is 5.91 Å². The summed E-state index contributed by atoms with van der Waals surface area (Å²) in [5.41, 5.74) is 1.33. The lowest BCUT2D eigenvalue weighted by atomic mass is 9.87. The highest BCUT2D eigenvalue weighted by Crippen LogP contribution is 2.34. The fourth-order valence-electron chi connectivity index (χ4n) is 2.04. The van der Waals surface area contributed by atoms with E-state index in [1.807, 2.05) is 51.1 Å². The van der Waals surface area contributed by atoms with E-state index in [0.717, 1.165) is 11.4 Å². The third-order valence-electron chi connectivity index (χ3n) is 2.90. The molecule has 1 aliphatic rings. The predicted molar refractivity (Wildman–Crippen MR) is 71.1 cm³/mol. The van der Waals surface area contributed by atoms with E-state index in [2.05, 4.69) is 0 Å². The second-order valence-corrected chi connectivity index (χ2v) is 5.49. The van der Waals surface area contributed by atoms with Crippen LogP contribution >= 0.6 is 0 Å². The average Bonchev–Trinajstić information content (AvgIpc) is 2.28. The number of ketones is 1. The highest BCUT2D eigenvalue weighted by molar-refractivity contribution is 6.14. The van der Waals surface area contributed by atoms with Gasteiger partial charge in [-0.15, -0.1) is 0 Å². The molecule has 0 saturated carbocycles. The maximum atomic E-state index is 12.1. The van der Waals surface area contributed by atoms with E-state index in [1.165, 1.54) is 0 Å². The van der Waals surface area contributed by atoms with Gasteiger partial charge in [0.1, 0.15) is 0 Å². The number of para-hydroxylation sites is 1. The van der Waals surface area contributed by atoms with Crippen LogP contribution in [0.5, 0.6) is 0 Å². The largest absolute Gasteiger partial charge is 0.294 e. The Balaban J connectivity index is 2.52. The Morgan fingerprint density at radius 2 is 1.67 bits per heavy atom. The normalized spacial score (nSPS) is 16.8. The van der Waals surface area contributed by atoms with Crippen molar-refractivity contribution in [2.75, 3.05) is 4.90 Å². The molecule has 0 aromatic heterocycles. The van der Waals surface area contributed by atoms with Gasteiger partial charge < -0.3 is 0 Å². The SMILES string of the molecule is CC(C)(C)C1=CC(=O)CC(=O)N1c1ccccc1. The van der Waals surface area contributed by atoms with Crippen LogP contribution in [0.3, 0.4) is 0 Å². The number of benzene rings is 1. The number of amides is 1. The van der Waals surface area contributed by atoms with Gasteiger partial charge in [-0.1, -0.05) is 39.0 Å². The summed E-state index contributed by atoms with van der Waals surface area (Å²) in [5, 5.41) is 0. The van der Waals surface area contributed by atoms with Crippen molar-refractivity contribution in [2.24, 2.45) is 5.41 Å². The molecule has 3 heteroatoms. The number of carbonyl (C=O) groups is 2. The highest BCUT2D eigenvalue weighted by Gasteiger charge is 2.33. The van der Waals surface area contributed by atoms with Gasteiger partial charge >= 0.3 is 0 Å². The van der Waals surface area contributed by atoms with E-state index in [-0.39, 0.29) is 23.5 Å². The zero-order valence-electron chi connectivity index (χ0n) is 10.9. The van der Waals surface area contributed by atoms with Crippen molar-refractivity contribution in [3.63, 3.8) is 0 Å². The number of allylic oxidation sites excluding steroid dienone is 2. The van der Waals surface area contributed by atoms with Gasteiger partial charge in [-0.05, 0) is 12.1 Å². The molecule has 0 atom stereocenters. The quantitative estimate of drug-likeness (QED) is 0.711. The van der Waals surface area contributed by atoms with E-state index < -0.39 is 0 Å².